The van der Waals surface area contributed by atoms with Crippen LogP contribution in [0, 0.1) is 58.2 Å². The molecule has 0 aromatic heterocycles. The third-order valence-corrected chi connectivity index (χ3v) is 12.3. The van der Waals surface area contributed by atoms with Gasteiger partial charge in [-0.1, -0.05) is 100 Å². The summed E-state index contributed by atoms with van der Waals surface area (Å²) in [5.41, 5.74) is 1.18. The Balaban J connectivity index is 1.24. The van der Waals surface area contributed by atoms with Gasteiger partial charge in [-0.25, -0.2) is 0 Å². The molecule has 0 amide bonds. The van der Waals surface area contributed by atoms with Crippen molar-refractivity contribution in [1.29, 1.82) is 0 Å². The summed E-state index contributed by atoms with van der Waals surface area (Å²) in [6, 6.07) is 0. The molecule has 0 aliphatic heterocycles. The van der Waals surface area contributed by atoms with Crippen LogP contribution in [0.25, 0.3) is 0 Å². The van der Waals surface area contributed by atoms with Gasteiger partial charge in [-0.3, -0.25) is 0 Å². The van der Waals surface area contributed by atoms with Gasteiger partial charge in [0, 0.05) is 0 Å². The van der Waals surface area contributed by atoms with E-state index in [2.05, 4.69) is 55.4 Å². The van der Waals surface area contributed by atoms with Gasteiger partial charge in [0.2, 0.25) is 0 Å². The highest BCUT2D eigenvalue weighted by atomic mass is 14.5. The van der Waals surface area contributed by atoms with Crippen LogP contribution in [0.15, 0.2) is 0 Å². The van der Waals surface area contributed by atoms with Crippen molar-refractivity contribution in [3.05, 3.63) is 0 Å². The fraction of sp³-hybridized carbons (Fsp3) is 1.00. The molecule has 3 rings (SSSR count). The average molecular weight is 459 g/mol. The van der Waals surface area contributed by atoms with Crippen molar-refractivity contribution < 1.29 is 0 Å². The number of hydrogen-bond acceptors (Lipinski definition) is 0. The summed E-state index contributed by atoms with van der Waals surface area (Å²) in [4.78, 5) is 0. The SMILES string of the molecule is CCC1CCC(C)(C2CCC(C(C)CCCC3CC(CCCC(C)C(C)(C)C(C)C)C3)C2)C1. The second kappa shape index (κ2) is 11.8. The molecule has 0 heterocycles. The van der Waals surface area contributed by atoms with E-state index >= 15 is 0 Å². The molecular formula is C33H62. The summed E-state index contributed by atoms with van der Waals surface area (Å²) in [5.74, 6) is 7.88. The molecular weight excluding hydrogens is 396 g/mol. The molecule has 0 radical (unpaired) electrons. The first kappa shape index (κ1) is 27.6. The van der Waals surface area contributed by atoms with Gasteiger partial charge in [0.25, 0.3) is 0 Å². The summed E-state index contributed by atoms with van der Waals surface area (Å²) >= 11 is 0. The van der Waals surface area contributed by atoms with Crippen LogP contribution < -0.4 is 0 Å². The van der Waals surface area contributed by atoms with Crippen molar-refractivity contribution in [3.63, 3.8) is 0 Å². The Hall–Kier alpha value is 0. The summed E-state index contributed by atoms with van der Waals surface area (Å²) in [5, 5.41) is 0. The second-order valence-corrected chi connectivity index (χ2v) is 14.9. The van der Waals surface area contributed by atoms with E-state index in [-0.39, 0.29) is 0 Å². The molecule has 3 fully saturated rings. The van der Waals surface area contributed by atoms with E-state index in [4.69, 9.17) is 0 Å². The molecule has 0 bridgehead atoms. The lowest BCUT2D eigenvalue weighted by molar-refractivity contribution is 0.125. The molecule has 0 saturated heterocycles. The third kappa shape index (κ3) is 7.03. The molecule has 6 unspecified atom stereocenters. The van der Waals surface area contributed by atoms with E-state index in [1.807, 2.05) is 0 Å². The van der Waals surface area contributed by atoms with Crippen LogP contribution in [0.4, 0.5) is 0 Å². The minimum atomic E-state index is 0.491. The van der Waals surface area contributed by atoms with Gasteiger partial charge < -0.3 is 0 Å². The highest BCUT2D eigenvalue weighted by Gasteiger charge is 2.44. The van der Waals surface area contributed by atoms with Gasteiger partial charge in [-0.15, -0.1) is 0 Å². The lowest BCUT2D eigenvalue weighted by Gasteiger charge is -2.38. The minimum Gasteiger partial charge on any atom is -0.0651 e. The third-order valence-electron chi connectivity index (χ3n) is 12.3. The van der Waals surface area contributed by atoms with Crippen LogP contribution >= 0.6 is 0 Å². The van der Waals surface area contributed by atoms with Crippen LogP contribution in [-0.2, 0) is 0 Å². The van der Waals surface area contributed by atoms with Gasteiger partial charge in [-0.05, 0) is 110 Å². The maximum Gasteiger partial charge on any atom is -0.0295 e. The fourth-order valence-corrected chi connectivity index (χ4v) is 8.25. The molecule has 0 heteroatoms. The zero-order valence-corrected chi connectivity index (χ0v) is 24.2. The van der Waals surface area contributed by atoms with Crippen LogP contribution in [0.3, 0.4) is 0 Å². The lowest BCUT2D eigenvalue weighted by Crippen LogP contribution is -2.28. The highest BCUT2D eigenvalue weighted by molar-refractivity contribution is 4.95. The summed E-state index contributed by atoms with van der Waals surface area (Å²) in [6.07, 6.45) is 22.7. The monoisotopic (exact) mass is 458 g/mol. The largest absolute Gasteiger partial charge is 0.0651 e. The molecule has 33 heavy (non-hydrogen) atoms. The van der Waals surface area contributed by atoms with Crippen LogP contribution in [0.2, 0.25) is 0 Å². The van der Waals surface area contributed by atoms with E-state index in [0.29, 0.717) is 10.8 Å². The normalized spacial score (nSPS) is 36.8. The van der Waals surface area contributed by atoms with Crippen molar-refractivity contribution in [2.24, 2.45) is 58.2 Å². The van der Waals surface area contributed by atoms with Crippen LogP contribution in [0.1, 0.15) is 152 Å². The molecule has 0 spiro atoms. The smallest absolute Gasteiger partial charge is 0.0295 e. The second-order valence-electron chi connectivity index (χ2n) is 14.9. The van der Waals surface area contributed by atoms with E-state index < -0.39 is 0 Å². The predicted octanol–water partition coefficient (Wildman–Crippen LogP) is 10.9. The molecule has 3 saturated carbocycles. The van der Waals surface area contributed by atoms with Crippen LogP contribution in [-0.4, -0.2) is 0 Å². The molecule has 6 atom stereocenters. The first-order valence-corrected chi connectivity index (χ1v) is 15.5. The number of hydrogen-bond donors (Lipinski definition) is 0. The zero-order valence-electron chi connectivity index (χ0n) is 24.2. The van der Waals surface area contributed by atoms with E-state index in [9.17, 15) is 0 Å². The first-order chi connectivity index (χ1) is 15.5. The maximum atomic E-state index is 2.65. The fourth-order valence-electron chi connectivity index (χ4n) is 8.25. The van der Waals surface area contributed by atoms with Crippen molar-refractivity contribution >= 4 is 0 Å². The van der Waals surface area contributed by atoms with Crippen molar-refractivity contribution in [1.82, 2.24) is 0 Å². The molecule has 0 aromatic carbocycles. The lowest BCUT2D eigenvalue weighted by atomic mass is 9.67. The Morgan fingerprint density at radius 1 is 0.818 bits per heavy atom. The molecule has 3 aliphatic carbocycles. The van der Waals surface area contributed by atoms with E-state index in [1.165, 1.54) is 70.6 Å². The Morgan fingerprint density at radius 3 is 2.03 bits per heavy atom. The number of rotatable bonds is 13. The highest BCUT2D eigenvalue weighted by Crippen LogP contribution is 2.55. The first-order valence-electron chi connectivity index (χ1n) is 15.5. The zero-order chi connectivity index (χ0) is 24.2. The van der Waals surface area contributed by atoms with Gasteiger partial charge in [0.1, 0.15) is 0 Å². The molecule has 0 N–H and O–H groups in total. The maximum absolute atomic E-state index is 2.65. The molecule has 0 aromatic rings. The summed E-state index contributed by atoms with van der Waals surface area (Å²) in [6.45, 7) is 19.9. The van der Waals surface area contributed by atoms with Crippen molar-refractivity contribution in [3.8, 4) is 0 Å². The van der Waals surface area contributed by atoms with E-state index in [1.54, 1.807) is 25.7 Å². The van der Waals surface area contributed by atoms with Gasteiger partial charge in [0.15, 0.2) is 0 Å². The minimum absolute atomic E-state index is 0.491. The standard InChI is InChI=1S/C33H62/c1-9-27-18-19-33(8,23-27)31-17-16-30(22-31)25(4)12-10-14-28-20-29(21-28)15-11-13-26(5)32(6,7)24(2)3/h24-31H,9-23H2,1-8H3. The molecule has 0 nitrogen and oxygen atoms in total. The quantitative estimate of drug-likeness (QED) is 0.257. The van der Waals surface area contributed by atoms with Crippen molar-refractivity contribution in [2.75, 3.05) is 0 Å². The Labute approximate surface area is 209 Å². The molecule has 194 valence electrons. The Bertz CT molecular complexity index is 567. The molecule has 3 aliphatic rings. The van der Waals surface area contributed by atoms with Gasteiger partial charge in [-0.2, -0.15) is 0 Å². The Kier molecular flexibility index (Phi) is 9.88. The Morgan fingerprint density at radius 2 is 1.45 bits per heavy atom. The van der Waals surface area contributed by atoms with Gasteiger partial charge >= 0.3 is 0 Å². The van der Waals surface area contributed by atoms with Crippen molar-refractivity contribution in [2.45, 2.75) is 152 Å². The summed E-state index contributed by atoms with van der Waals surface area (Å²) < 4.78 is 0. The summed E-state index contributed by atoms with van der Waals surface area (Å²) in [7, 11) is 0. The van der Waals surface area contributed by atoms with E-state index in [0.717, 1.165) is 47.3 Å². The van der Waals surface area contributed by atoms with Gasteiger partial charge in [0.05, 0.1) is 0 Å². The average Bonchev–Trinajstić information content (AvgIpc) is 3.39. The topological polar surface area (TPSA) is 0 Å². The predicted molar refractivity (Wildman–Crippen MR) is 147 cm³/mol. The van der Waals surface area contributed by atoms with Crippen LogP contribution in [0.5, 0.6) is 0 Å².